The van der Waals surface area contributed by atoms with Gasteiger partial charge in [-0.05, 0) is 13.0 Å². The van der Waals surface area contributed by atoms with Crippen molar-refractivity contribution in [3.05, 3.63) is 22.7 Å². The van der Waals surface area contributed by atoms with E-state index in [2.05, 4.69) is 18.1 Å². The predicted octanol–water partition coefficient (Wildman–Crippen LogP) is -0.845. The Labute approximate surface area is 166 Å². The van der Waals surface area contributed by atoms with Gasteiger partial charge >= 0.3 is 29.2 Å². The summed E-state index contributed by atoms with van der Waals surface area (Å²) in [6, 6.07) is 1.15. The van der Waals surface area contributed by atoms with Gasteiger partial charge in [0.1, 0.15) is 18.0 Å². The summed E-state index contributed by atoms with van der Waals surface area (Å²) in [4.78, 5) is 50.6. The van der Waals surface area contributed by atoms with E-state index in [-0.39, 0.29) is 5.82 Å². The van der Waals surface area contributed by atoms with Gasteiger partial charge in [0.2, 0.25) is 0 Å². The first-order valence-electron chi connectivity index (χ1n) is 7.59. The Morgan fingerprint density at radius 1 is 1.27 bits per heavy atom. The fraction of sp³-hybridized carbons (Fsp3) is 0.600. The summed E-state index contributed by atoms with van der Waals surface area (Å²) >= 11 is 0. The number of hydrogen-bond acceptors (Lipinski definition) is 11. The topological polar surface area (TPSA) is 250 Å². The maximum atomic E-state index is 15.0. The van der Waals surface area contributed by atoms with Gasteiger partial charge in [0.25, 0.3) is 0 Å². The number of nitrogen functional groups attached to an aromatic ring is 1. The summed E-state index contributed by atoms with van der Waals surface area (Å²) in [6.07, 6.45) is -4.45. The minimum atomic E-state index is -5.75. The van der Waals surface area contributed by atoms with E-state index in [1.54, 1.807) is 0 Å². The largest absolute Gasteiger partial charge is 0.490 e. The zero-order valence-electron chi connectivity index (χ0n) is 14.8. The molecule has 2 rings (SSSR count). The van der Waals surface area contributed by atoms with E-state index >= 15 is 0 Å². The second kappa shape index (κ2) is 8.47. The van der Waals surface area contributed by atoms with Crippen molar-refractivity contribution in [2.45, 2.75) is 31.0 Å². The molecular weight excluding hydrogens is 482 g/mol. The monoisotopic (exact) mass is 499 g/mol. The predicted molar refractivity (Wildman–Crippen MR) is 92.2 cm³/mol. The van der Waals surface area contributed by atoms with Crippen LogP contribution in [-0.2, 0) is 31.6 Å². The van der Waals surface area contributed by atoms with E-state index < -0.39 is 59.9 Å². The lowest BCUT2D eigenvalue weighted by Crippen LogP contribution is -2.43. The second-order valence-corrected chi connectivity index (χ2v) is 10.5. The molecule has 0 amide bonds. The van der Waals surface area contributed by atoms with E-state index in [0.29, 0.717) is 4.57 Å². The van der Waals surface area contributed by atoms with Crippen LogP contribution in [0, 0.1) is 0 Å². The average Bonchev–Trinajstić information content (AvgIpc) is 2.73. The standard InChI is InChI=1S/C10H17FN3O13P3/c1-10(11)7(15)5(25-8(10)14-3-2-6(12)13-9(14)16)4-24-29(20,21)27-30(22,23)26-28(17,18)19/h2-3,5,7-8,15H,4H2,1H3,(H,20,21)(H,22,23)(H2,12,13,16)(H2,17,18,19)/t5-,7?,8-,10?/m1/s1. The summed E-state index contributed by atoms with van der Waals surface area (Å²) in [7, 11) is -16.9. The maximum absolute atomic E-state index is 15.0. The highest BCUT2D eigenvalue weighted by Crippen LogP contribution is 2.66. The lowest BCUT2D eigenvalue weighted by molar-refractivity contribution is -0.0603. The summed E-state index contributed by atoms with van der Waals surface area (Å²) in [6.45, 7) is -0.256. The van der Waals surface area contributed by atoms with Gasteiger partial charge in [-0.1, -0.05) is 0 Å². The molecule has 1 fully saturated rings. The molecular formula is C10H17FN3O13P3. The Morgan fingerprint density at radius 3 is 2.40 bits per heavy atom. The SMILES string of the molecule is CC1(F)C(O)[C@@H](COP(=O)(O)OP(=O)(O)OP(=O)(O)O)O[C@H]1n1ccc(N)nc1=O. The molecule has 0 saturated carbocycles. The van der Waals surface area contributed by atoms with Crippen molar-refractivity contribution in [1.82, 2.24) is 9.55 Å². The number of rotatable bonds is 8. The first kappa shape index (κ1) is 25.2. The second-order valence-electron chi connectivity index (χ2n) is 6.05. The third kappa shape index (κ3) is 6.23. The molecule has 1 aromatic rings. The smallest absolute Gasteiger partial charge is 0.387 e. The van der Waals surface area contributed by atoms with Gasteiger partial charge in [-0.2, -0.15) is 13.6 Å². The number of aromatic nitrogens is 2. The van der Waals surface area contributed by atoms with Crippen molar-refractivity contribution < 1.29 is 60.6 Å². The van der Waals surface area contributed by atoms with Crippen LogP contribution in [-0.4, -0.2) is 58.7 Å². The quantitative estimate of drug-likeness (QED) is 0.238. The summed E-state index contributed by atoms with van der Waals surface area (Å²) in [5.74, 6) is -0.167. The molecule has 20 heteroatoms. The lowest BCUT2D eigenvalue weighted by atomic mass is 9.98. The molecule has 0 aliphatic carbocycles. The first-order chi connectivity index (χ1) is 13.4. The number of hydrogen-bond donors (Lipinski definition) is 6. The number of anilines is 1. The van der Waals surface area contributed by atoms with E-state index in [1.807, 2.05) is 0 Å². The molecule has 16 nitrogen and oxygen atoms in total. The van der Waals surface area contributed by atoms with Crippen LogP contribution in [0.2, 0.25) is 0 Å². The number of aliphatic hydroxyl groups is 1. The number of nitrogens with zero attached hydrogens (tertiary/aromatic N) is 2. The van der Waals surface area contributed by atoms with Crippen LogP contribution in [0.25, 0.3) is 0 Å². The zero-order chi connectivity index (χ0) is 23.1. The van der Waals surface area contributed by atoms with Gasteiger partial charge < -0.3 is 35.2 Å². The van der Waals surface area contributed by atoms with E-state index in [0.717, 1.165) is 19.2 Å². The number of halogens is 1. The maximum Gasteiger partial charge on any atom is 0.490 e. The van der Waals surface area contributed by atoms with Crippen molar-refractivity contribution >= 4 is 29.3 Å². The third-order valence-corrected chi connectivity index (χ3v) is 7.44. The first-order valence-corrected chi connectivity index (χ1v) is 12.1. The highest BCUT2D eigenvalue weighted by atomic mass is 31.3. The fourth-order valence-corrected chi connectivity index (χ4v) is 5.46. The number of ether oxygens (including phenoxy) is 1. The lowest BCUT2D eigenvalue weighted by Gasteiger charge is -2.24. The number of nitrogens with two attached hydrogens (primary N) is 1. The normalized spacial score (nSPS) is 31.2. The molecule has 0 radical (unpaired) electrons. The van der Waals surface area contributed by atoms with E-state index in [9.17, 15) is 32.9 Å². The Balaban J connectivity index is 2.12. The molecule has 6 atom stereocenters. The van der Waals surface area contributed by atoms with Crippen molar-refractivity contribution in [2.24, 2.45) is 0 Å². The molecule has 1 aliphatic rings. The molecule has 1 saturated heterocycles. The van der Waals surface area contributed by atoms with Crippen LogP contribution in [0.4, 0.5) is 10.2 Å². The van der Waals surface area contributed by atoms with Crippen LogP contribution in [0.5, 0.6) is 0 Å². The van der Waals surface area contributed by atoms with Crippen LogP contribution in [0.3, 0.4) is 0 Å². The summed E-state index contributed by atoms with van der Waals surface area (Å²) in [5, 5.41) is 10.1. The van der Waals surface area contributed by atoms with Gasteiger partial charge in [-0.15, -0.1) is 0 Å². The molecule has 7 N–H and O–H groups in total. The molecule has 0 bridgehead atoms. The Morgan fingerprint density at radius 2 is 1.87 bits per heavy atom. The van der Waals surface area contributed by atoms with E-state index in [4.69, 9.17) is 25.2 Å². The number of phosphoric acid groups is 3. The van der Waals surface area contributed by atoms with Crippen LogP contribution in [0.15, 0.2) is 17.1 Å². The van der Waals surface area contributed by atoms with Gasteiger partial charge in [0, 0.05) is 6.20 Å². The fourth-order valence-electron chi connectivity index (χ4n) is 2.43. The minimum absolute atomic E-state index is 0.167. The Bertz CT molecular complexity index is 995. The van der Waals surface area contributed by atoms with Gasteiger partial charge in [-0.25, -0.2) is 22.9 Å². The molecule has 1 aliphatic heterocycles. The van der Waals surface area contributed by atoms with Crippen LogP contribution in [0.1, 0.15) is 13.2 Å². The molecule has 30 heavy (non-hydrogen) atoms. The number of phosphoric ester groups is 1. The molecule has 0 spiro atoms. The van der Waals surface area contributed by atoms with Gasteiger partial charge in [0.05, 0.1) is 6.61 Å². The van der Waals surface area contributed by atoms with Crippen molar-refractivity contribution in [3.8, 4) is 0 Å². The minimum Gasteiger partial charge on any atom is -0.387 e. The average molecular weight is 499 g/mol. The van der Waals surface area contributed by atoms with Crippen molar-refractivity contribution in [2.75, 3.05) is 12.3 Å². The molecule has 2 heterocycles. The van der Waals surface area contributed by atoms with Gasteiger partial charge in [0.15, 0.2) is 11.9 Å². The molecule has 172 valence electrons. The van der Waals surface area contributed by atoms with E-state index in [1.165, 1.54) is 0 Å². The number of alkyl halides is 1. The van der Waals surface area contributed by atoms with Crippen LogP contribution < -0.4 is 11.4 Å². The molecule has 4 unspecified atom stereocenters. The molecule has 1 aromatic heterocycles. The van der Waals surface area contributed by atoms with Crippen molar-refractivity contribution in [3.63, 3.8) is 0 Å². The van der Waals surface area contributed by atoms with Crippen LogP contribution >= 0.6 is 23.5 Å². The third-order valence-electron chi connectivity index (χ3n) is 3.64. The molecule has 0 aromatic carbocycles. The number of aliphatic hydroxyl groups excluding tert-OH is 1. The highest BCUT2D eigenvalue weighted by Gasteiger charge is 2.56. The summed E-state index contributed by atoms with van der Waals surface area (Å²) < 4.78 is 65.7. The van der Waals surface area contributed by atoms with Gasteiger partial charge in [-0.3, -0.25) is 9.09 Å². The van der Waals surface area contributed by atoms with Crippen molar-refractivity contribution in [1.29, 1.82) is 0 Å². The Hall–Kier alpha value is -1.06. The highest BCUT2D eigenvalue weighted by molar-refractivity contribution is 7.66. The zero-order valence-corrected chi connectivity index (χ0v) is 17.5. The Kier molecular flexibility index (Phi) is 7.11. The summed E-state index contributed by atoms with van der Waals surface area (Å²) in [5.41, 5.74) is 1.67.